The number of hydrogen-bond acceptors (Lipinski definition) is 6. The minimum Gasteiger partial charge on any atom is -0.496 e. The second-order valence-corrected chi connectivity index (χ2v) is 9.34. The molecule has 0 spiro atoms. The number of alkyl halides is 3. The van der Waals surface area contributed by atoms with Crippen LogP contribution in [0.1, 0.15) is 12.5 Å². The highest BCUT2D eigenvalue weighted by atomic mass is 35.6. The molecule has 0 fully saturated rings. The Balaban J connectivity index is 2.01. The quantitative estimate of drug-likeness (QED) is 0.143. The van der Waals surface area contributed by atoms with Gasteiger partial charge in [0, 0.05) is 0 Å². The van der Waals surface area contributed by atoms with Crippen LogP contribution in [0.25, 0.3) is 0 Å². The number of amides is 1. The van der Waals surface area contributed by atoms with Gasteiger partial charge in [0.05, 0.1) is 18.1 Å². The first kappa shape index (κ1) is 26.7. The number of anilines is 1. The second-order valence-electron chi connectivity index (χ2n) is 6.57. The summed E-state index contributed by atoms with van der Waals surface area (Å²) in [7, 11) is 1.39. The summed E-state index contributed by atoms with van der Waals surface area (Å²) >= 11 is 23.1. The predicted molar refractivity (Wildman–Crippen MR) is 133 cm³/mol. The van der Waals surface area contributed by atoms with Crippen LogP contribution in [0.15, 0.2) is 42.5 Å². The minimum absolute atomic E-state index is 0.0755. The van der Waals surface area contributed by atoms with Gasteiger partial charge < -0.3 is 25.4 Å². The zero-order valence-electron chi connectivity index (χ0n) is 17.6. The Kier molecular flexibility index (Phi) is 9.78. The molecule has 0 saturated carbocycles. The fraction of sp³-hybridized carbons (Fsp3) is 0.300. The van der Waals surface area contributed by atoms with Gasteiger partial charge in [-0.1, -0.05) is 53.9 Å². The van der Waals surface area contributed by atoms with Crippen LogP contribution in [-0.4, -0.2) is 39.6 Å². The van der Waals surface area contributed by atoms with Crippen LogP contribution in [0.4, 0.5) is 11.4 Å². The van der Waals surface area contributed by atoms with Crippen LogP contribution in [0, 0.1) is 10.1 Å². The average Bonchev–Trinajstić information content (AvgIpc) is 2.77. The Morgan fingerprint density at radius 3 is 2.33 bits per heavy atom. The first-order valence-electron chi connectivity index (χ1n) is 9.51. The molecule has 2 aromatic carbocycles. The van der Waals surface area contributed by atoms with E-state index in [2.05, 4.69) is 16.0 Å². The average molecular weight is 536 g/mol. The zero-order chi connectivity index (χ0) is 24.6. The number of thiocarbonyl (C=S) groups is 1. The number of nitrogens with zero attached hydrogens (tertiary/aromatic N) is 1. The lowest BCUT2D eigenvalue weighted by Gasteiger charge is -2.27. The van der Waals surface area contributed by atoms with E-state index in [0.29, 0.717) is 11.5 Å². The summed E-state index contributed by atoms with van der Waals surface area (Å²) in [5, 5.41) is 19.0. The smallest absolute Gasteiger partial charge is 0.296 e. The molecule has 0 bridgehead atoms. The van der Waals surface area contributed by atoms with Gasteiger partial charge in [-0.3, -0.25) is 14.9 Å². The summed E-state index contributed by atoms with van der Waals surface area (Å²) in [5.74, 6) is 0.211. The molecule has 0 unspecified atom stereocenters. The molecule has 178 valence electrons. The highest BCUT2D eigenvalue weighted by molar-refractivity contribution is 7.80. The molecule has 2 aromatic rings. The Morgan fingerprint density at radius 1 is 1.15 bits per heavy atom. The maximum atomic E-state index is 12.3. The molecular formula is C20H21Cl3N4O5S. The number of nitro benzene ring substituents is 1. The van der Waals surface area contributed by atoms with Crippen molar-refractivity contribution < 1.29 is 19.2 Å². The number of halogens is 3. The van der Waals surface area contributed by atoms with Crippen LogP contribution in [-0.2, 0) is 11.2 Å². The standard InChI is InChI=1S/C20H21Cl3N4O5S/c1-3-12-4-6-13(7-5-12)32-11-17(28)25-18(20(21,22)23)26-19(33)24-15-9-8-14(31-2)10-16(15)27(29)30/h4-10,18H,3,11H2,1-2H3,(H,25,28)(H2,24,26,33)/t18-/m1/s1. The number of rotatable bonds is 9. The Bertz CT molecular complexity index is 1000. The van der Waals surface area contributed by atoms with Gasteiger partial charge in [0.1, 0.15) is 23.4 Å². The highest BCUT2D eigenvalue weighted by Crippen LogP contribution is 2.31. The fourth-order valence-corrected chi connectivity index (χ4v) is 3.11. The van der Waals surface area contributed by atoms with Crippen molar-refractivity contribution in [3.8, 4) is 11.5 Å². The molecule has 13 heteroatoms. The molecule has 9 nitrogen and oxygen atoms in total. The van der Waals surface area contributed by atoms with Gasteiger partial charge in [0.2, 0.25) is 3.79 Å². The van der Waals surface area contributed by atoms with E-state index in [0.717, 1.165) is 12.0 Å². The van der Waals surface area contributed by atoms with Crippen molar-refractivity contribution in [2.75, 3.05) is 19.0 Å². The molecule has 0 aromatic heterocycles. The number of aryl methyl sites for hydroxylation is 1. The lowest BCUT2D eigenvalue weighted by atomic mass is 10.2. The number of methoxy groups -OCH3 is 1. The third-order valence-electron chi connectivity index (χ3n) is 4.26. The lowest BCUT2D eigenvalue weighted by Crippen LogP contribution is -2.57. The number of hydrogen-bond donors (Lipinski definition) is 3. The van der Waals surface area contributed by atoms with E-state index in [1.54, 1.807) is 12.1 Å². The molecule has 2 rings (SSSR count). The van der Waals surface area contributed by atoms with Crippen molar-refractivity contribution in [2.45, 2.75) is 23.3 Å². The van der Waals surface area contributed by atoms with Crippen LogP contribution in [0.3, 0.4) is 0 Å². The molecule has 0 aliphatic heterocycles. The van der Waals surface area contributed by atoms with Crippen LogP contribution >= 0.6 is 47.0 Å². The number of nitro groups is 1. The van der Waals surface area contributed by atoms with E-state index in [4.69, 9.17) is 56.5 Å². The summed E-state index contributed by atoms with van der Waals surface area (Å²) in [6.45, 7) is 1.69. The lowest BCUT2D eigenvalue weighted by molar-refractivity contribution is -0.384. The molecule has 0 aliphatic rings. The summed E-state index contributed by atoms with van der Waals surface area (Å²) in [6, 6.07) is 11.4. The van der Waals surface area contributed by atoms with Gasteiger partial charge in [-0.05, 0) is 48.5 Å². The van der Waals surface area contributed by atoms with Crippen LogP contribution in [0.2, 0.25) is 0 Å². The molecule has 0 radical (unpaired) electrons. The summed E-state index contributed by atoms with van der Waals surface area (Å²) in [4.78, 5) is 23.1. The van der Waals surface area contributed by atoms with Gasteiger partial charge >= 0.3 is 0 Å². The topological polar surface area (TPSA) is 115 Å². The molecule has 0 heterocycles. The third kappa shape index (κ3) is 8.39. The molecular weight excluding hydrogens is 515 g/mol. The molecule has 3 N–H and O–H groups in total. The van der Waals surface area contributed by atoms with Crippen LogP contribution in [0.5, 0.6) is 11.5 Å². The van der Waals surface area contributed by atoms with E-state index >= 15 is 0 Å². The molecule has 1 amide bonds. The zero-order valence-corrected chi connectivity index (χ0v) is 20.6. The molecule has 1 atom stereocenters. The number of carbonyl (C=O) groups excluding carboxylic acids is 1. The van der Waals surface area contributed by atoms with Gasteiger partial charge in [-0.25, -0.2) is 0 Å². The molecule has 33 heavy (non-hydrogen) atoms. The summed E-state index contributed by atoms with van der Waals surface area (Å²) in [6.07, 6.45) is -0.385. The Hall–Kier alpha value is -2.53. The third-order valence-corrected chi connectivity index (χ3v) is 5.13. The SMILES string of the molecule is CCc1ccc(OCC(=O)N[C@H](NC(=S)Nc2ccc(OC)cc2[N+](=O)[O-])C(Cl)(Cl)Cl)cc1. The van der Waals surface area contributed by atoms with Crippen molar-refractivity contribution in [1.29, 1.82) is 0 Å². The summed E-state index contributed by atoms with van der Waals surface area (Å²) in [5.41, 5.74) is 0.924. The van der Waals surface area contributed by atoms with Crippen molar-refractivity contribution in [1.82, 2.24) is 10.6 Å². The van der Waals surface area contributed by atoms with Crippen LogP contribution < -0.4 is 25.4 Å². The summed E-state index contributed by atoms with van der Waals surface area (Å²) < 4.78 is 8.43. The number of carbonyl (C=O) groups is 1. The number of nitrogens with one attached hydrogen (secondary N) is 3. The van der Waals surface area contributed by atoms with E-state index in [-0.39, 0.29) is 23.1 Å². The van der Waals surface area contributed by atoms with Crippen molar-refractivity contribution in [2.24, 2.45) is 0 Å². The fourth-order valence-electron chi connectivity index (χ4n) is 2.56. The van der Waals surface area contributed by atoms with Crippen molar-refractivity contribution in [3.05, 3.63) is 58.1 Å². The number of ether oxygens (including phenoxy) is 2. The van der Waals surface area contributed by atoms with Gasteiger partial charge in [-0.15, -0.1) is 0 Å². The normalized spacial score (nSPS) is 11.8. The van der Waals surface area contributed by atoms with Crippen molar-refractivity contribution >= 4 is 69.4 Å². The van der Waals surface area contributed by atoms with E-state index in [1.165, 1.54) is 25.3 Å². The second kappa shape index (κ2) is 12.1. The first-order valence-corrected chi connectivity index (χ1v) is 11.1. The molecule has 0 aliphatic carbocycles. The molecule has 0 saturated heterocycles. The van der Waals surface area contributed by atoms with E-state index in [1.807, 2.05) is 19.1 Å². The van der Waals surface area contributed by atoms with E-state index < -0.39 is 20.8 Å². The maximum absolute atomic E-state index is 12.3. The predicted octanol–water partition coefficient (Wildman–Crippen LogP) is 4.34. The highest BCUT2D eigenvalue weighted by Gasteiger charge is 2.35. The number of benzene rings is 2. The largest absolute Gasteiger partial charge is 0.496 e. The van der Waals surface area contributed by atoms with Gasteiger partial charge in [0.25, 0.3) is 11.6 Å². The Labute approximate surface area is 210 Å². The maximum Gasteiger partial charge on any atom is 0.296 e. The monoisotopic (exact) mass is 534 g/mol. The van der Waals surface area contributed by atoms with Gasteiger partial charge in [0.15, 0.2) is 11.7 Å². The van der Waals surface area contributed by atoms with E-state index in [9.17, 15) is 14.9 Å². The first-order chi connectivity index (χ1) is 15.5. The van der Waals surface area contributed by atoms with Gasteiger partial charge in [-0.2, -0.15) is 0 Å². The van der Waals surface area contributed by atoms with Crippen molar-refractivity contribution in [3.63, 3.8) is 0 Å². The minimum atomic E-state index is -2.00. The Morgan fingerprint density at radius 2 is 1.79 bits per heavy atom.